The lowest BCUT2D eigenvalue weighted by atomic mass is 10.1. The van der Waals surface area contributed by atoms with Crippen LogP contribution in [-0.2, 0) is 0 Å². The second kappa shape index (κ2) is 5.34. The molecule has 108 valence electrons. The summed E-state index contributed by atoms with van der Waals surface area (Å²) in [6.45, 7) is 7.69. The van der Waals surface area contributed by atoms with E-state index in [1.54, 1.807) is 12.1 Å². The quantitative estimate of drug-likeness (QED) is 0.636. The number of piperazine rings is 1. The molecule has 0 saturated carbocycles. The molecule has 0 bridgehead atoms. The fourth-order valence-corrected chi connectivity index (χ4v) is 2.82. The van der Waals surface area contributed by atoms with E-state index in [0.717, 1.165) is 45.0 Å². The van der Waals surface area contributed by atoms with Gasteiger partial charge in [-0.15, -0.1) is 0 Å². The summed E-state index contributed by atoms with van der Waals surface area (Å²) in [7, 11) is 0. The summed E-state index contributed by atoms with van der Waals surface area (Å²) in [5, 5.41) is 14.4. The fourth-order valence-electron chi connectivity index (χ4n) is 2.82. The average molecular weight is 277 g/mol. The number of aryl methyl sites for hydroxylation is 1. The second-order valence-corrected chi connectivity index (χ2v) is 5.40. The fraction of sp³-hybridized carbons (Fsp3) is 0.615. The van der Waals surface area contributed by atoms with Crippen molar-refractivity contribution in [3.05, 3.63) is 27.9 Å². The number of rotatable bonds is 3. The topological polar surface area (TPSA) is 74.5 Å². The molecule has 7 heteroatoms. The van der Waals surface area contributed by atoms with Crippen molar-refractivity contribution < 1.29 is 4.92 Å². The lowest BCUT2D eigenvalue weighted by Gasteiger charge is -2.47. The summed E-state index contributed by atoms with van der Waals surface area (Å²) < 4.78 is 0. The molecule has 1 N–H and O–H groups in total. The van der Waals surface area contributed by atoms with E-state index >= 15 is 0 Å². The van der Waals surface area contributed by atoms with Gasteiger partial charge in [-0.1, -0.05) is 0 Å². The first-order chi connectivity index (χ1) is 9.65. The molecule has 1 aromatic rings. The third-order valence-corrected chi connectivity index (χ3v) is 4.02. The van der Waals surface area contributed by atoms with E-state index in [0.29, 0.717) is 11.9 Å². The van der Waals surface area contributed by atoms with Crippen molar-refractivity contribution in [2.24, 2.45) is 0 Å². The first-order valence-corrected chi connectivity index (χ1v) is 6.97. The van der Waals surface area contributed by atoms with Crippen molar-refractivity contribution in [1.29, 1.82) is 0 Å². The number of hydrogen-bond acceptors (Lipinski definition) is 6. The zero-order chi connectivity index (χ0) is 14.1. The van der Waals surface area contributed by atoms with Crippen molar-refractivity contribution in [2.45, 2.75) is 13.0 Å². The molecule has 1 aromatic heterocycles. The molecule has 2 fully saturated rings. The summed E-state index contributed by atoms with van der Waals surface area (Å²) in [6.07, 6.45) is 0. The molecule has 2 aliphatic heterocycles. The Hall–Kier alpha value is -1.73. The Kier molecular flexibility index (Phi) is 3.54. The highest BCUT2D eigenvalue weighted by Crippen LogP contribution is 2.30. The van der Waals surface area contributed by atoms with Gasteiger partial charge < -0.3 is 10.2 Å². The Labute approximate surface area is 117 Å². The van der Waals surface area contributed by atoms with Gasteiger partial charge in [-0.2, -0.15) is 0 Å². The van der Waals surface area contributed by atoms with Crippen LogP contribution < -0.4 is 10.2 Å². The van der Waals surface area contributed by atoms with Crippen LogP contribution in [0.3, 0.4) is 0 Å². The van der Waals surface area contributed by atoms with Gasteiger partial charge in [0, 0.05) is 57.1 Å². The van der Waals surface area contributed by atoms with Crippen molar-refractivity contribution in [2.75, 3.05) is 44.2 Å². The highest BCUT2D eigenvalue weighted by atomic mass is 16.6. The van der Waals surface area contributed by atoms with E-state index in [-0.39, 0.29) is 10.6 Å². The predicted octanol–water partition coefficient (Wildman–Crippen LogP) is 0.392. The molecule has 3 rings (SSSR count). The maximum Gasteiger partial charge on any atom is 0.311 e. The van der Waals surface area contributed by atoms with Gasteiger partial charge in [0.25, 0.3) is 0 Å². The Morgan fingerprint density at radius 1 is 1.35 bits per heavy atom. The Morgan fingerprint density at radius 3 is 2.70 bits per heavy atom. The van der Waals surface area contributed by atoms with Gasteiger partial charge in [-0.05, 0) is 13.0 Å². The summed E-state index contributed by atoms with van der Waals surface area (Å²) in [5.41, 5.74) is 0.922. The zero-order valence-electron chi connectivity index (χ0n) is 11.6. The van der Waals surface area contributed by atoms with Crippen LogP contribution >= 0.6 is 0 Å². The van der Waals surface area contributed by atoms with Gasteiger partial charge in [0.05, 0.1) is 4.92 Å². The molecule has 0 radical (unpaired) electrons. The summed E-state index contributed by atoms with van der Waals surface area (Å²) in [4.78, 5) is 19.5. The number of nitro groups is 1. The molecular weight excluding hydrogens is 258 g/mol. The van der Waals surface area contributed by atoms with E-state index in [2.05, 4.69) is 15.2 Å². The van der Waals surface area contributed by atoms with Gasteiger partial charge in [-0.25, -0.2) is 4.98 Å². The minimum absolute atomic E-state index is 0.106. The number of nitrogens with zero attached hydrogens (tertiary/aromatic N) is 4. The van der Waals surface area contributed by atoms with Crippen LogP contribution in [0.25, 0.3) is 0 Å². The monoisotopic (exact) mass is 277 g/mol. The Morgan fingerprint density at radius 2 is 2.05 bits per heavy atom. The Bertz CT molecular complexity index is 509. The van der Waals surface area contributed by atoms with E-state index in [1.807, 2.05) is 11.8 Å². The van der Waals surface area contributed by atoms with Crippen LogP contribution in [0.1, 0.15) is 5.69 Å². The highest BCUT2D eigenvalue weighted by molar-refractivity contribution is 5.60. The molecule has 0 unspecified atom stereocenters. The van der Waals surface area contributed by atoms with Crippen LogP contribution in [0.5, 0.6) is 0 Å². The minimum atomic E-state index is -0.347. The van der Waals surface area contributed by atoms with Crippen LogP contribution in [0.15, 0.2) is 12.1 Å². The average Bonchev–Trinajstić information content (AvgIpc) is 2.38. The molecule has 2 aliphatic rings. The number of hydrogen-bond donors (Lipinski definition) is 1. The van der Waals surface area contributed by atoms with Crippen molar-refractivity contribution in [1.82, 2.24) is 15.2 Å². The molecule has 7 nitrogen and oxygen atoms in total. The number of anilines is 1. The predicted molar refractivity (Wildman–Crippen MR) is 76.1 cm³/mol. The zero-order valence-corrected chi connectivity index (χ0v) is 11.6. The SMILES string of the molecule is Cc1ccc([N+](=O)[O-])c(N2CC(N3CCNCC3)C2)n1. The third-order valence-electron chi connectivity index (χ3n) is 4.02. The smallest absolute Gasteiger partial charge is 0.311 e. The highest BCUT2D eigenvalue weighted by Gasteiger charge is 2.36. The molecule has 0 aromatic carbocycles. The standard InChI is InChI=1S/C13H19N5O2/c1-10-2-3-12(18(19)20)13(15-10)17-8-11(9-17)16-6-4-14-5-7-16/h2-3,11,14H,4-9H2,1H3. The molecule has 0 spiro atoms. The molecular formula is C13H19N5O2. The van der Waals surface area contributed by atoms with Crippen molar-refractivity contribution in [3.8, 4) is 0 Å². The number of aromatic nitrogens is 1. The van der Waals surface area contributed by atoms with Gasteiger partial charge in [0.15, 0.2) is 0 Å². The molecule has 0 aliphatic carbocycles. The maximum absolute atomic E-state index is 11.1. The third kappa shape index (κ3) is 2.46. The first-order valence-electron chi connectivity index (χ1n) is 6.97. The summed E-state index contributed by atoms with van der Waals surface area (Å²) >= 11 is 0. The van der Waals surface area contributed by atoms with E-state index in [9.17, 15) is 10.1 Å². The van der Waals surface area contributed by atoms with Crippen LogP contribution in [-0.4, -0.2) is 60.1 Å². The van der Waals surface area contributed by atoms with Crippen LogP contribution in [0.4, 0.5) is 11.5 Å². The van der Waals surface area contributed by atoms with Gasteiger partial charge in [-0.3, -0.25) is 15.0 Å². The van der Waals surface area contributed by atoms with Crippen molar-refractivity contribution in [3.63, 3.8) is 0 Å². The molecule has 2 saturated heterocycles. The molecule has 0 atom stereocenters. The maximum atomic E-state index is 11.1. The minimum Gasteiger partial charge on any atom is -0.348 e. The van der Waals surface area contributed by atoms with E-state index in [1.165, 1.54) is 0 Å². The van der Waals surface area contributed by atoms with E-state index < -0.39 is 0 Å². The molecule has 0 amide bonds. The van der Waals surface area contributed by atoms with Gasteiger partial charge in [0.2, 0.25) is 5.82 Å². The second-order valence-electron chi connectivity index (χ2n) is 5.40. The van der Waals surface area contributed by atoms with Crippen LogP contribution in [0, 0.1) is 17.0 Å². The number of pyridine rings is 1. The summed E-state index contributed by atoms with van der Waals surface area (Å²) in [5.74, 6) is 0.515. The lowest BCUT2D eigenvalue weighted by Crippen LogP contribution is -2.63. The van der Waals surface area contributed by atoms with Gasteiger partial charge >= 0.3 is 5.69 Å². The first kappa shape index (κ1) is 13.3. The largest absolute Gasteiger partial charge is 0.348 e. The molecule has 3 heterocycles. The van der Waals surface area contributed by atoms with Gasteiger partial charge in [0.1, 0.15) is 0 Å². The number of nitrogens with one attached hydrogen (secondary N) is 1. The van der Waals surface area contributed by atoms with Crippen molar-refractivity contribution >= 4 is 11.5 Å². The Balaban J connectivity index is 1.70. The molecule has 20 heavy (non-hydrogen) atoms. The lowest BCUT2D eigenvalue weighted by molar-refractivity contribution is -0.384. The van der Waals surface area contributed by atoms with E-state index in [4.69, 9.17) is 0 Å². The van der Waals surface area contributed by atoms with Crippen LogP contribution in [0.2, 0.25) is 0 Å². The normalized spacial score (nSPS) is 20.8. The summed E-state index contributed by atoms with van der Waals surface area (Å²) in [6, 6.07) is 3.74.